The van der Waals surface area contributed by atoms with Crippen molar-refractivity contribution in [3.63, 3.8) is 0 Å². The van der Waals surface area contributed by atoms with E-state index in [2.05, 4.69) is 42.8 Å². The van der Waals surface area contributed by atoms with E-state index in [-0.39, 0.29) is 0 Å². The molecule has 2 fully saturated rings. The summed E-state index contributed by atoms with van der Waals surface area (Å²) in [5.74, 6) is 2.26. The lowest BCUT2D eigenvalue weighted by Gasteiger charge is -2.33. The molecule has 2 nitrogen and oxygen atoms in total. The van der Waals surface area contributed by atoms with E-state index in [0.717, 1.165) is 36.8 Å². The summed E-state index contributed by atoms with van der Waals surface area (Å²) in [4.78, 5) is 4.43. The minimum absolute atomic E-state index is 0.418. The summed E-state index contributed by atoms with van der Waals surface area (Å²) in [5.41, 5.74) is 9.87. The molecule has 3 aliphatic carbocycles. The van der Waals surface area contributed by atoms with Crippen molar-refractivity contribution in [2.45, 2.75) is 84.6 Å². The number of hydrogen-bond acceptors (Lipinski definition) is 2. The first-order valence-electron chi connectivity index (χ1n) is 11.1. The molecule has 1 atom stereocenters. The number of nitrogens with zero attached hydrogens (tertiary/aromatic N) is 1. The Morgan fingerprint density at radius 1 is 1.19 bits per heavy atom. The van der Waals surface area contributed by atoms with Crippen LogP contribution >= 0.6 is 0 Å². The second-order valence-electron chi connectivity index (χ2n) is 8.23. The normalized spacial score (nSPS) is 27.0. The maximum atomic E-state index is 5.99. The Morgan fingerprint density at radius 3 is 2.37 bits per heavy atom. The van der Waals surface area contributed by atoms with Crippen LogP contribution in [-0.4, -0.2) is 12.3 Å². The van der Waals surface area contributed by atoms with Crippen molar-refractivity contribution in [2.24, 2.45) is 28.5 Å². The minimum Gasteiger partial charge on any atom is -0.328 e. The van der Waals surface area contributed by atoms with Gasteiger partial charge in [-0.25, -0.2) is 0 Å². The van der Waals surface area contributed by atoms with Crippen LogP contribution in [0.25, 0.3) is 0 Å². The molecule has 2 N–H and O–H groups in total. The number of nitrogens with two attached hydrogens (primary N) is 1. The summed E-state index contributed by atoms with van der Waals surface area (Å²) in [6.45, 7) is 10.5. The van der Waals surface area contributed by atoms with Crippen molar-refractivity contribution in [1.29, 1.82) is 0 Å². The van der Waals surface area contributed by atoms with Crippen LogP contribution < -0.4 is 5.73 Å². The quantitative estimate of drug-likeness (QED) is 0.408. The standard InChI is InChI=1S/C16H28N2.C9H12/c1-5-15(12(4)16(6-2)18-7-3)13-8-10-14(17)11-9-13;1-2-4-8(5-3-1)9-6-7-9/h6-7,13-15H,4-5,8-11,17H2,1-3H3;2,4-5,9H,1,3,6-7H2/b16-6-,18-7?;. The minimum atomic E-state index is 0.418. The van der Waals surface area contributed by atoms with Crippen LogP contribution in [0, 0.1) is 17.8 Å². The van der Waals surface area contributed by atoms with E-state index in [1.165, 1.54) is 44.1 Å². The Kier molecular flexibility index (Phi) is 9.27. The zero-order valence-corrected chi connectivity index (χ0v) is 17.8. The van der Waals surface area contributed by atoms with E-state index in [4.69, 9.17) is 5.73 Å². The van der Waals surface area contributed by atoms with E-state index in [9.17, 15) is 0 Å². The molecule has 0 aliphatic heterocycles. The van der Waals surface area contributed by atoms with Gasteiger partial charge in [0.25, 0.3) is 0 Å². The summed E-state index contributed by atoms with van der Waals surface area (Å²) >= 11 is 0. The lowest BCUT2D eigenvalue weighted by atomic mass is 9.74. The largest absolute Gasteiger partial charge is 0.328 e. The topological polar surface area (TPSA) is 38.4 Å². The Morgan fingerprint density at radius 2 is 1.89 bits per heavy atom. The Balaban J connectivity index is 0.000000239. The van der Waals surface area contributed by atoms with Gasteiger partial charge >= 0.3 is 0 Å². The molecule has 0 aromatic rings. The number of rotatable bonds is 6. The molecule has 0 bridgehead atoms. The third-order valence-corrected chi connectivity index (χ3v) is 6.22. The summed E-state index contributed by atoms with van der Waals surface area (Å²) in [7, 11) is 0. The van der Waals surface area contributed by atoms with E-state index < -0.39 is 0 Å². The van der Waals surface area contributed by atoms with Gasteiger partial charge in [-0.3, -0.25) is 4.99 Å². The highest BCUT2D eigenvalue weighted by Gasteiger charge is 2.28. The van der Waals surface area contributed by atoms with Gasteiger partial charge in [0.05, 0.1) is 5.70 Å². The average molecular weight is 369 g/mol. The fraction of sp³-hybridized carbons (Fsp3) is 0.640. The molecule has 2 saturated carbocycles. The summed E-state index contributed by atoms with van der Waals surface area (Å²) < 4.78 is 0. The molecule has 0 heterocycles. The predicted octanol–water partition coefficient (Wildman–Crippen LogP) is 6.75. The summed E-state index contributed by atoms with van der Waals surface area (Å²) in [6, 6.07) is 0.418. The highest BCUT2D eigenvalue weighted by Crippen LogP contribution is 2.38. The van der Waals surface area contributed by atoms with Gasteiger partial charge < -0.3 is 5.73 Å². The predicted molar refractivity (Wildman–Crippen MR) is 120 cm³/mol. The fourth-order valence-electron chi connectivity index (χ4n) is 4.44. The molecular weight excluding hydrogens is 328 g/mol. The first kappa shape index (κ1) is 21.9. The van der Waals surface area contributed by atoms with Crippen LogP contribution in [0.4, 0.5) is 0 Å². The van der Waals surface area contributed by atoms with Crippen LogP contribution in [0.2, 0.25) is 0 Å². The lowest BCUT2D eigenvalue weighted by molar-refractivity contribution is 0.254. The van der Waals surface area contributed by atoms with Crippen LogP contribution in [0.5, 0.6) is 0 Å². The highest BCUT2D eigenvalue weighted by molar-refractivity contribution is 5.57. The molecule has 0 amide bonds. The van der Waals surface area contributed by atoms with Crippen molar-refractivity contribution in [3.8, 4) is 0 Å². The Hall–Kier alpha value is -1.41. The first-order valence-corrected chi connectivity index (χ1v) is 11.1. The van der Waals surface area contributed by atoms with Crippen LogP contribution in [0.15, 0.2) is 52.7 Å². The molecule has 2 heteroatoms. The first-order chi connectivity index (χ1) is 13.1. The van der Waals surface area contributed by atoms with Crippen molar-refractivity contribution in [3.05, 3.63) is 47.7 Å². The Bertz CT molecular complexity index is 581. The van der Waals surface area contributed by atoms with Gasteiger partial charge in [0, 0.05) is 12.3 Å². The molecule has 27 heavy (non-hydrogen) atoms. The monoisotopic (exact) mass is 368 g/mol. The van der Waals surface area contributed by atoms with Gasteiger partial charge in [-0.05, 0) is 101 Å². The van der Waals surface area contributed by atoms with Crippen LogP contribution in [0.3, 0.4) is 0 Å². The summed E-state index contributed by atoms with van der Waals surface area (Å²) in [5, 5.41) is 0. The highest BCUT2D eigenvalue weighted by atomic mass is 14.7. The maximum absolute atomic E-state index is 5.99. The average Bonchev–Trinajstić information content (AvgIpc) is 3.54. The van der Waals surface area contributed by atoms with Gasteiger partial charge in [-0.2, -0.15) is 0 Å². The number of allylic oxidation sites excluding steroid dienone is 6. The van der Waals surface area contributed by atoms with Gasteiger partial charge in [0.2, 0.25) is 0 Å². The van der Waals surface area contributed by atoms with E-state index in [1.807, 2.05) is 20.1 Å². The van der Waals surface area contributed by atoms with E-state index >= 15 is 0 Å². The zero-order valence-electron chi connectivity index (χ0n) is 17.8. The molecule has 3 aliphatic rings. The maximum Gasteiger partial charge on any atom is 0.0611 e. The van der Waals surface area contributed by atoms with Crippen molar-refractivity contribution >= 4 is 6.21 Å². The molecule has 3 rings (SSSR count). The number of aliphatic imine (C=N–C) groups is 1. The second kappa shape index (κ2) is 11.4. The molecule has 0 saturated heterocycles. The third kappa shape index (κ3) is 6.92. The molecule has 0 aromatic heterocycles. The van der Waals surface area contributed by atoms with E-state index in [0.29, 0.717) is 12.0 Å². The SMILES string of the molecule is C1=CC(C2CC2)=CCC1.C=C(/C(=C/C)N=CC)C(CC)C1CCC(N)CC1. The van der Waals surface area contributed by atoms with Gasteiger partial charge in [0.1, 0.15) is 0 Å². The summed E-state index contributed by atoms with van der Waals surface area (Å²) in [6.07, 6.45) is 22.3. The molecule has 0 spiro atoms. The van der Waals surface area contributed by atoms with Crippen molar-refractivity contribution in [1.82, 2.24) is 0 Å². The lowest BCUT2D eigenvalue weighted by Crippen LogP contribution is -2.30. The van der Waals surface area contributed by atoms with Gasteiger partial charge in [-0.15, -0.1) is 0 Å². The molecule has 0 radical (unpaired) electrons. The van der Waals surface area contributed by atoms with Crippen molar-refractivity contribution < 1.29 is 0 Å². The molecule has 1 unspecified atom stereocenters. The molecular formula is C25H40N2. The van der Waals surface area contributed by atoms with Crippen molar-refractivity contribution in [2.75, 3.05) is 0 Å². The number of hydrogen-bond donors (Lipinski definition) is 1. The van der Waals surface area contributed by atoms with Crippen LogP contribution in [-0.2, 0) is 0 Å². The van der Waals surface area contributed by atoms with Gasteiger partial charge in [-0.1, -0.05) is 37.8 Å². The Labute approximate surface area is 167 Å². The third-order valence-electron chi connectivity index (χ3n) is 6.22. The second-order valence-corrected chi connectivity index (χ2v) is 8.23. The smallest absolute Gasteiger partial charge is 0.0611 e. The zero-order chi connectivity index (χ0) is 19.6. The van der Waals surface area contributed by atoms with Crippen LogP contribution in [0.1, 0.15) is 78.6 Å². The fourth-order valence-corrected chi connectivity index (χ4v) is 4.44. The van der Waals surface area contributed by atoms with Gasteiger partial charge in [0.15, 0.2) is 0 Å². The molecule has 150 valence electrons. The van der Waals surface area contributed by atoms with E-state index in [1.54, 1.807) is 5.57 Å². The molecule has 0 aromatic carbocycles.